The van der Waals surface area contributed by atoms with Crippen LogP contribution in [0.2, 0.25) is 5.02 Å². The van der Waals surface area contributed by atoms with E-state index in [1.165, 1.54) is 42.5 Å². The van der Waals surface area contributed by atoms with Crippen LogP contribution in [0, 0.1) is 0 Å². The second kappa shape index (κ2) is 13.0. The van der Waals surface area contributed by atoms with Crippen LogP contribution in [0.4, 0.5) is 32.0 Å². The molecule has 7 nitrogen and oxygen atoms in total. The standard InChI is InChI=1S/C27H21ClF6N2O5/c28-18-11-12-20(19(13-18)25(39)40)35-21(37)14-41-15-22(38)36(23(26(29,30)31)16-7-3-1-4-8-16)24(27(32,33)34)17-9-5-2-6-10-17/h1-13,23-24H,14-15H2,(H,35,37)(H,39,40). The Morgan fingerprint density at radius 2 is 1.29 bits per heavy atom. The number of rotatable bonds is 10. The van der Waals surface area contributed by atoms with E-state index in [9.17, 15) is 45.8 Å². The largest absolute Gasteiger partial charge is 0.478 e. The minimum atomic E-state index is -5.34. The molecule has 0 heterocycles. The van der Waals surface area contributed by atoms with Crippen LogP contribution in [0.3, 0.4) is 0 Å². The number of carboxylic acids is 1. The van der Waals surface area contributed by atoms with E-state index in [1.807, 2.05) is 0 Å². The summed E-state index contributed by atoms with van der Waals surface area (Å²) >= 11 is 5.75. The Bertz CT molecular complexity index is 1310. The van der Waals surface area contributed by atoms with Gasteiger partial charge in [-0.1, -0.05) is 72.3 Å². The topological polar surface area (TPSA) is 95.9 Å². The molecule has 0 spiro atoms. The molecule has 3 aromatic rings. The van der Waals surface area contributed by atoms with Crippen molar-refractivity contribution >= 4 is 35.1 Å². The number of amides is 2. The molecule has 41 heavy (non-hydrogen) atoms. The molecule has 0 aliphatic rings. The number of halogens is 7. The van der Waals surface area contributed by atoms with Gasteiger partial charge in [0.1, 0.15) is 13.2 Å². The maximum Gasteiger partial charge on any atom is 0.413 e. The van der Waals surface area contributed by atoms with Crippen molar-refractivity contribution in [1.29, 1.82) is 0 Å². The van der Waals surface area contributed by atoms with Gasteiger partial charge in [0.05, 0.1) is 11.3 Å². The van der Waals surface area contributed by atoms with Gasteiger partial charge in [-0.3, -0.25) is 9.59 Å². The smallest absolute Gasteiger partial charge is 0.413 e. The van der Waals surface area contributed by atoms with Gasteiger partial charge in [-0.25, -0.2) is 4.79 Å². The lowest BCUT2D eigenvalue weighted by Gasteiger charge is -2.40. The summed E-state index contributed by atoms with van der Waals surface area (Å²) in [5, 5.41) is 11.5. The van der Waals surface area contributed by atoms with Crippen LogP contribution >= 0.6 is 11.6 Å². The predicted octanol–water partition coefficient (Wildman–Crippen LogP) is 6.43. The number of carbonyl (C=O) groups is 3. The minimum absolute atomic E-state index is 0.0533. The van der Waals surface area contributed by atoms with Gasteiger partial charge in [0.2, 0.25) is 11.8 Å². The first-order valence-corrected chi connectivity index (χ1v) is 12.0. The normalized spacial score (nSPS) is 13.2. The number of aromatic carboxylic acids is 1. The molecule has 0 aliphatic carbocycles. The van der Waals surface area contributed by atoms with Crippen molar-refractivity contribution in [2.45, 2.75) is 24.4 Å². The third-order valence-corrected chi connectivity index (χ3v) is 5.87. The number of hydrogen-bond donors (Lipinski definition) is 2. The molecule has 2 amide bonds. The zero-order valence-electron chi connectivity index (χ0n) is 20.7. The number of nitrogens with one attached hydrogen (secondary N) is 1. The van der Waals surface area contributed by atoms with Crippen molar-refractivity contribution in [3.8, 4) is 0 Å². The van der Waals surface area contributed by atoms with Gasteiger partial charge >= 0.3 is 18.3 Å². The Morgan fingerprint density at radius 3 is 1.73 bits per heavy atom. The number of alkyl halides is 6. The van der Waals surface area contributed by atoms with Crippen LogP contribution in [-0.4, -0.2) is 53.4 Å². The maximum absolute atomic E-state index is 14.4. The van der Waals surface area contributed by atoms with Crippen LogP contribution in [0.1, 0.15) is 33.6 Å². The van der Waals surface area contributed by atoms with Gasteiger partial charge in [-0.15, -0.1) is 0 Å². The van der Waals surface area contributed by atoms with E-state index in [0.717, 1.165) is 36.4 Å². The summed E-state index contributed by atoms with van der Waals surface area (Å²) in [5.74, 6) is -4.17. The van der Waals surface area contributed by atoms with Crippen LogP contribution in [-0.2, 0) is 14.3 Å². The number of carboxylic acid groups (broad SMARTS) is 1. The van der Waals surface area contributed by atoms with E-state index >= 15 is 0 Å². The second-order valence-corrected chi connectivity index (χ2v) is 8.98. The van der Waals surface area contributed by atoms with Gasteiger partial charge in [-0.2, -0.15) is 26.3 Å². The summed E-state index contributed by atoms with van der Waals surface area (Å²) in [6.45, 7) is -2.33. The van der Waals surface area contributed by atoms with Gasteiger partial charge < -0.3 is 20.1 Å². The average molecular weight is 603 g/mol. The SMILES string of the molecule is O=C(COCC(=O)N(C(c1ccccc1)C(F)(F)F)C(c1ccccc1)C(F)(F)F)Nc1ccc(Cl)cc1C(=O)O. The molecule has 0 saturated carbocycles. The van der Waals surface area contributed by atoms with Crippen molar-refractivity contribution < 1.29 is 50.6 Å². The lowest BCUT2D eigenvalue weighted by atomic mass is 9.98. The zero-order valence-corrected chi connectivity index (χ0v) is 21.5. The quantitative estimate of drug-likeness (QED) is 0.261. The summed E-state index contributed by atoms with van der Waals surface area (Å²) in [7, 11) is 0. The molecule has 0 bridgehead atoms. The van der Waals surface area contributed by atoms with Crippen LogP contribution in [0.15, 0.2) is 78.9 Å². The van der Waals surface area contributed by atoms with Crippen molar-refractivity contribution in [2.24, 2.45) is 0 Å². The summed E-state index contributed by atoms with van der Waals surface area (Å²) in [6.07, 6.45) is -10.7. The Labute approximate surface area is 234 Å². The maximum atomic E-state index is 14.4. The lowest BCUT2D eigenvalue weighted by molar-refractivity contribution is -0.238. The number of carbonyl (C=O) groups excluding carboxylic acids is 2. The molecule has 0 radical (unpaired) electrons. The van der Waals surface area contributed by atoms with E-state index in [1.54, 1.807) is 0 Å². The Balaban J connectivity index is 1.91. The molecule has 218 valence electrons. The lowest BCUT2D eigenvalue weighted by Crippen LogP contribution is -2.50. The van der Waals surface area contributed by atoms with E-state index in [-0.39, 0.29) is 21.2 Å². The molecule has 3 rings (SSSR count). The second-order valence-electron chi connectivity index (χ2n) is 8.55. The highest BCUT2D eigenvalue weighted by atomic mass is 35.5. The highest BCUT2D eigenvalue weighted by Gasteiger charge is 2.55. The van der Waals surface area contributed by atoms with Crippen molar-refractivity contribution in [3.63, 3.8) is 0 Å². The first-order chi connectivity index (χ1) is 19.2. The highest BCUT2D eigenvalue weighted by molar-refractivity contribution is 6.31. The molecular formula is C27H21ClF6N2O5. The average Bonchev–Trinajstić information content (AvgIpc) is 2.89. The van der Waals surface area contributed by atoms with E-state index in [2.05, 4.69) is 5.32 Å². The van der Waals surface area contributed by atoms with Gasteiger partial charge in [0, 0.05) is 5.02 Å². The summed E-state index contributed by atoms with van der Waals surface area (Å²) in [4.78, 5) is 36.5. The van der Waals surface area contributed by atoms with Crippen molar-refractivity contribution in [3.05, 3.63) is 101 Å². The summed E-state index contributed by atoms with van der Waals surface area (Å²) in [5.41, 5.74) is -1.84. The predicted molar refractivity (Wildman–Crippen MR) is 135 cm³/mol. The third kappa shape index (κ3) is 8.21. The molecule has 2 atom stereocenters. The number of anilines is 1. The van der Waals surface area contributed by atoms with E-state index < -0.39 is 66.6 Å². The fourth-order valence-electron chi connectivity index (χ4n) is 4.02. The fraction of sp³-hybridized carbons (Fsp3) is 0.222. The molecule has 14 heteroatoms. The third-order valence-electron chi connectivity index (χ3n) is 5.64. The molecule has 0 aromatic heterocycles. The highest BCUT2D eigenvalue weighted by Crippen LogP contribution is 2.47. The molecule has 0 fully saturated rings. The summed E-state index contributed by atoms with van der Waals surface area (Å²) < 4.78 is 91.2. The Kier molecular flexibility index (Phi) is 10.00. The molecule has 3 aromatic carbocycles. The van der Waals surface area contributed by atoms with E-state index in [0.29, 0.717) is 0 Å². The number of benzene rings is 3. The first kappa shape index (κ1) is 31.4. The Morgan fingerprint density at radius 1 is 0.805 bits per heavy atom. The number of ether oxygens (including phenoxy) is 1. The molecule has 0 saturated heterocycles. The molecule has 2 unspecified atom stereocenters. The van der Waals surface area contributed by atoms with Crippen molar-refractivity contribution in [1.82, 2.24) is 4.90 Å². The first-order valence-electron chi connectivity index (χ1n) is 11.6. The molecular weight excluding hydrogens is 582 g/mol. The van der Waals surface area contributed by atoms with E-state index in [4.69, 9.17) is 16.3 Å². The van der Waals surface area contributed by atoms with Crippen molar-refractivity contribution in [2.75, 3.05) is 18.5 Å². The zero-order chi connectivity index (χ0) is 30.4. The molecule has 2 N–H and O–H groups in total. The monoisotopic (exact) mass is 602 g/mol. The fourth-order valence-corrected chi connectivity index (χ4v) is 4.19. The summed E-state index contributed by atoms with van der Waals surface area (Å²) in [6, 6.07) is 8.67. The van der Waals surface area contributed by atoms with Gasteiger partial charge in [-0.05, 0) is 29.3 Å². The Hall–Kier alpha value is -4.10. The number of nitrogens with zero attached hydrogens (tertiary/aromatic N) is 1. The van der Waals surface area contributed by atoms with Crippen LogP contribution in [0.25, 0.3) is 0 Å². The van der Waals surface area contributed by atoms with Gasteiger partial charge in [0.25, 0.3) is 0 Å². The van der Waals surface area contributed by atoms with Crippen LogP contribution in [0.5, 0.6) is 0 Å². The minimum Gasteiger partial charge on any atom is -0.478 e. The van der Waals surface area contributed by atoms with Gasteiger partial charge in [0.15, 0.2) is 12.1 Å². The molecule has 0 aliphatic heterocycles. The number of hydrogen-bond acceptors (Lipinski definition) is 4. The van der Waals surface area contributed by atoms with Crippen LogP contribution < -0.4 is 5.32 Å².